The van der Waals surface area contributed by atoms with Crippen molar-refractivity contribution in [3.05, 3.63) is 29.3 Å². The first kappa shape index (κ1) is 14.3. The third kappa shape index (κ3) is 3.93. The molecule has 1 heterocycles. The number of hydrogen-bond acceptors (Lipinski definition) is 4. The van der Waals surface area contributed by atoms with Gasteiger partial charge in [0.1, 0.15) is 5.75 Å². The van der Waals surface area contributed by atoms with Crippen LogP contribution in [0.2, 0.25) is 0 Å². The van der Waals surface area contributed by atoms with Gasteiger partial charge in [0.05, 0.1) is 7.11 Å². The van der Waals surface area contributed by atoms with E-state index in [4.69, 9.17) is 4.74 Å². The van der Waals surface area contributed by atoms with Crippen molar-refractivity contribution in [3.8, 4) is 5.75 Å². The van der Waals surface area contributed by atoms with E-state index in [1.165, 1.54) is 11.1 Å². The van der Waals surface area contributed by atoms with Crippen LogP contribution in [0.15, 0.2) is 18.2 Å². The largest absolute Gasteiger partial charge is 0.496 e. The summed E-state index contributed by atoms with van der Waals surface area (Å²) in [6.45, 7) is 6.46. The van der Waals surface area contributed by atoms with Crippen LogP contribution in [0.1, 0.15) is 11.1 Å². The van der Waals surface area contributed by atoms with Gasteiger partial charge in [0.2, 0.25) is 0 Å². The number of ether oxygens (including phenoxy) is 1. The second-order valence-corrected chi connectivity index (χ2v) is 5.26. The molecule has 0 atom stereocenters. The van der Waals surface area contributed by atoms with Crippen molar-refractivity contribution in [1.82, 2.24) is 15.1 Å². The Labute approximate surface area is 116 Å². The summed E-state index contributed by atoms with van der Waals surface area (Å²) in [5.74, 6) is 0.999. The van der Waals surface area contributed by atoms with Crippen LogP contribution in [0.3, 0.4) is 0 Å². The highest BCUT2D eigenvalue weighted by Crippen LogP contribution is 2.22. The third-order valence-corrected chi connectivity index (χ3v) is 3.72. The van der Waals surface area contributed by atoms with Crippen molar-refractivity contribution in [2.45, 2.75) is 13.1 Å². The number of likely N-dealkylation sites (N-methyl/N-ethyl adjacent to an activating group) is 1. The van der Waals surface area contributed by atoms with Gasteiger partial charge in [0.15, 0.2) is 0 Å². The monoisotopic (exact) mass is 263 g/mol. The molecule has 0 amide bonds. The first-order chi connectivity index (χ1) is 9.22. The van der Waals surface area contributed by atoms with Crippen LogP contribution < -0.4 is 10.1 Å². The highest BCUT2D eigenvalue weighted by molar-refractivity contribution is 5.37. The lowest BCUT2D eigenvalue weighted by atomic mass is 10.1. The maximum atomic E-state index is 5.48. The number of methoxy groups -OCH3 is 1. The van der Waals surface area contributed by atoms with Gasteiger partial charge in [-0.25, -0.2) is 0 Å². The molecule has 19 heavy (non-hydrogen) atoms. The summed E-state index contributed by atoms with van der Waals surface area (Å²) >= 11 is 0. The van der Waals surface area contributed by atoms with Gasteiger partial charge >= 0.3 is 0 Å². The van der Waals surface area contributed by atoms with Crippen molar-refractivity contribution in [1.29, 1.82) is 0 Å². The fourth-order valence-corrected chi connectivity index (χ4v) is 2.52. The normalized spacial score (nSPS) is 17.6. The van der Waals surface area contributed by atoms with Crippen molar-refractivity contribution >= 4 is 0 Å². The van der Waals surface area contributed by atoms with Gasteiger partial charge in [-0.2, -0.15) is 0 Å². The topological polar surface area (TPSA) is 27.7 Å². The van der Waals surface area contributed by atoms with E-state index >= 15 is 0 Å². The number of nitrogens with zero attached hydrogens (tertiary/aromatic N) is 2. The minimum atomic E-state index is 0.903. The van der Waals surface area contributed by atoms with Crippen LogP contribution in [0, 0.1) is 0 Å². The van der Waals surface area contributed by atoms with Crippen LogP contribution in [0.5, 0.6) is 5.75 Å². The van der Waals surface area contributed by atoms with E-state index < -0.39 is 0 Å². The Morgan fingerprint density at radius 3 is 2.58 bits per heavy atom. The van der Waals surface area contributed by atoms with Crippen molar-refractivity contribution in [2.75, 3.05) is 47.4 Å². The second-order valence-electron chi connectivity index (χ2n) is 5.26. The molecule has 1 aromatic carbocycles. The van der Waals surface area contributed by atoms with Gasteiger partial charge in [-0.15, -0.1) is 0 Å². The summed E-state index contributed by atoms with van der Waals surface area (Å²) in [7, 11) is 5.91. The van der Waals surface area contributed by atoms with Crippen molar-refractivity contribution < 1.29 is 4.74 Å². The summed E-state index contributed by atoms with van der Waals surface area (Å²) in [4.78, 5) is 4.88. The van der Waals surface area contributed by atoms with E-state index in [0.717, 1.165) is 45.0 Å². The van der Waals surface area contributed by atoms with Gasteiger partial charge in [-0.05, 0) is 31.8 Å². The summed E-state index contributed by atoms with van der Waals surface area (Å²) in [6.07, 6.45) is 0. The first-order valence-electron chi connectivity index (χ1n) is 6.94. The van der Waals surface area contributed by atoms with E-state index in [1.807, 2.05) is 7.05 Å². The lowest BCUT2D eigenvalue weighted by molar-refractivity contribution is 0.147. The number of piperazine rings is 1. The maximum Gasteiger partial charge on any atom is 0.123 e. The highest BCUT2D eigenvalue weighted by Gasteiger charge is 2.15. The molecule has 0 spiro atoms. The molecule has 1 aromatic rings. The molecule has 4 heteroatoms. The molecular formula is C15H25N3O. The molecular weight excluding hydrogens is 238 g/mol. The predicted molar refractivity (Wildman–Crippen MR) is 78.5 cm³/mol. The molecule has 0 bridgehead atoms. The van der Waals surface area contributed by atoms with Crippen LogP contribution in [-0.2, 0) is 13.1 Å². The molecule has 0 saturated carbocycles. The van der Waals surface area contributed by atoms with Gasteiger partial charge in [-0.3, -0.25) is 4.90 Å². The summed E-state index contributed by atoms with van der Waals surface area (Å²) in [5, 5.41) is 3.20. The Kier molecular flexibility index (Phi) is 5.19. The zero-order chi connectivity index (χ0) is 13.7. The lowest BCUT2D eigenvalue weighted by Gasteiger charge is -2.32. The van der Waals surface area contributed by atoms with E-state index in [1.54, 1.807) is 7.11 Å². The van der Waals surface area contributed by atoms with Crippen molar-refractivity contribution in [2.24, 2.45) is 0 Å². The summed E-state index contributed by atoms with van der Waals surface area (Å²) < 4.78 is 5.48. The molecule has 1 saturated heterocycles. The molecule has 2 rings (SSSR count). The number of hydrogen-bond donors (Lipinski definition) is 1. The maximum absolute atomic E-state index is 5.48. The smallest absolute Gasteiger partial charge is 0.123 e. The molecule has 0 unspecified atom stereocenters. The Morgan fingerprint density at radius 1 is 1.21 bits per heavy atom. The Morgan fingerprint density at radius 2 is 1.95 bits per heavy atom. The molecule has 1 fully saturated rings. The van der Waals surface area contributed by atoms with Gasteiger partial charge in [-0.1, -0.05) is 6.07 Å². The molecule has 0 aromatic heterocycles. The fourth-order valence-electron chi connectivity index (χ4n) is 2.52. The van der Waals surface area contributed by atoms with E-state index in [9.17, 15) is 0 Å². The van der Waals surface area contributed by atoms with E-state index in [0.29, 0.717) is 0 Å². The Bertz CT molecular complexity index is 400. The summed E-state index contributed by atoms with van der Waals surface area (Å²) in [6, 6.07) is 6.47. The zero-order valence-corrected chi connectivity index (χ0v) is 12.3. The average Bonchev–Trinajstić information content (AvgIpc) is 2.42. The number of benzene rings is 1. The van der Waals surface area contributed by atoms with Gasteiger partial charge < -0.3 is 15.0 Å². The van der Waals surface area contributed by atoms with Crippen molar-refractivity contribution in [3.63, 3.8) is 0 Å². The second kappa shape index (κ2) is 6.89. The zero-order valence-electron chi connectivity index (χ0n) is 12.3. The minimum absolute atomic E-state index is 0.903. The molecule has 0 radical (unpaired) electrons. The van der Waals surface area contributed by atoms with Gasteiger partial charge in [0.25, 0.3) is 0 Å². The Balaban J connectivity index is 2.06. The quantitative estimate of drug-likeness (QED) is 0.863. The first-order valence-corrected chi connectivity index (χ1v) is 6.94. The number of rotatable bonds is 5. The number of nitrogens with one attached hydrogen (secondary N) is 1. The van der Waals surface area contributed by atoms with E-state index in [2.05, 4.69) is 40.4 Å². The van der Waals surface area contributed by atoms with Crippen LogP contribution in [0.25, 0.3) is 0 Å². The fraction of sp³-hybridized carbons (Fsp3) is 0.600. The van der Waals surface area contributed by atoms with Crippen LogP contribution >= 0.6 is 0 Å². The van der Waals surface area contributed by atoms with E-state index in [-0.39, 0.29) is 0 Å². The van der Waals surface area contributed by atoms with Crippen LogP contribution in [-0.4, -0.2) is 57.2 Å². The van der Waals surface area contributed by atoms with Gasteiger partial charge in [0, 0.05) is 44.8 Å². The SMILES string of the molecule is CNCc1ccc(OC)c(CN2CCN(C)CC2)c1. The molecule has 1 aliphatic rings. The molecule has 1 N–H and O–H groups in total. The molecule has 106 valence electrons. The predicted octanol–water partition coefficient (Wildman–Crippen LogP) is 1.16. The average molecular weight is 263 g/mol. The molecule has 0 aliphatic carbocycles. The summed E-state index contributed by atoms with van der Waals surface area (Å²) in [5.41, 5.74) is 2.60. The Hall–Kier alpha value is -1.10. The van der Waals surface area contributed by atoms with Crippen LogP contribution in [0.4, 0.5) is 0 Å². The lowest BCUT2D eigenvalue weighted by Crippen LogP contribution is -2.43. The highest BCUT2D eigenvalue weighted by atomic mass is 16.5. The third-order valence-electron chi connectivity index (χ3n) is 3.72. The molecule has 1 aliphatic heterocycles. The standard InChI is InChI=1S/C15H25N3O/c1-16-11-13-4-5-15(19-3)14(10-13)12-18-8-6-17(2)7-9-18/h4-5,10,16H,6-9,11-12H2,1-3H3. The molecule has 4 nitrogen and oxygen atoms in total. The minimum Gasteiger partial charge on any atom is -0.496 e.